The summed E-state index contributed by atoms with van der Waals surface area (Å²) in [6, 6.07) is 16.7. The Hall–Kier alpha value is -3.02. The number of sulfonamides is 1. The van der Waals surface area contributed by atoms with Crippen LogP contribution in [0.3, 0.4) is 0 Å². The van der Waals surface area contributed by atoms with Crippen molar-refractivity contribution in [2.75, 3.05) is 6.61 Å². The number of halogens is 1. The topological polar surface area (TPSA) is 137 Å². The number of H-pyrrole nitrogens is 1. The molecule has 2 aromatic carbocycles. The molecule has 0 spiro atoms. The van der Waals surface area contributed by atoms with Gasteiger partial charge in [-0.05, 0) is 55.0 Å². The van der Waals surface area contributed by atoms with Gasteiger partial charge in [-0.1, -0.05) is 48.0 Å². The molecule has 4 aromatic rings. The van der Waals surface area contributed by atoms with Gasteiger partial charge in [0.1, 0.15) is 6.10 Å². The number of aliphatic hydroxyl groups is 2. The molecule has 6 rings (SSSR count). The highest BCUT2D eigenvalue weighted by Gasteiger charge is 2.30. The van der Waals surface area contributed by atoms with Crippen molar-refractivity contribution in [1.29, 1.82) is 0 Å². The molecule has 0 saturated heterocycles. The van der Waals surface area contributed by atoms with Crippen LogP contribution in [0.25, 0.3) is 33.5 Å². The van der Waals surface area contributed by atoms with Crippen molar-refractivity contribution < 1.29 is 23.4 Å². The fourth-order valence-electron chi connectivity index (χ4n) is 4.94. The molecule has 2 saturated carbocycles. The fraction of sp³-hybridized carbons (Fsp3) is 0.357. The van der Waals surface area contributed by atoms with Crippen molar-refractivity contribution in [2.24, 2.45) is 5.92 Å². The van der Waals surface area contributed by atoms with E-state index in [0.29, 0.717) is 40.7 Å². The summed E-state index contributed by atoms with van der Waals surface area (Å²) in [5, 5.41) is 20.0. The number of nitrogens with one attached hydrogen (secondary N) is 2. The molecule has 2 aliphatic carbocycles. The molecule has 3 atom stereocenters. The van der Waals surface area contributed by atoms with Gasteiger partial charge in [0.25, 0.3) is 6.01 Å². The first-order valence-corrected chi connectivity index (χ1v) is 14.9. The zero-order valence-electron chi connectivity index (χ0n) is 21.0. The summed E-state index contributed by atoms with van der Waals surface area (Å²) in [5.41, 5.74) is 4.34. The van der Waals surface area contributed by atoms with Crippen LogP contribution in [0.4, 0.5) is 0 Å². The number of hydrogen-bond donors (Lipinski definition) is 4. The summed E-state index contributed by atoms with van der Waals surface area (Å²) in [6.45, 7) is -0.0284. The second kappa shape index (κ2) is 10.5. The molecule has 0 unspecified atom stereocenters. The van der Waals surface area contributed by atoms with Crippen LogP contribution < -0.4 is 9.46 Å². The van der Waals surface area contributed by atoms with Gasteiger partial charge >= 0.3 is 0 Å². The Labute approximate surface area is 231 Å². The minimum atomic E-state index is -3.48. The Kier molecular flexibility index (Phi) is 7.07. The number of hydrogen-bond acceptors (Lipinski definition) is 7. The van der Waals surface area contributed by atoms with Gasteiger partial charge in [-0.3, -0.25) is 0 Å². The third-order valence-corrected chi connectivity index (χ3v) is 9.21. The molecular weight excluding hydrogens is 540 g/mol. The maximum Gasteiger partial charge on any atom is 0.296 e. The Morgan fingerprint density at radius 1 is 0.974 bits per heavy atom. The minimum Gasteiger partial charge on any atom is -0.461 e. The number of rotatable bonds is 8. The maximum atomic E-state index is 12.4. The summed E-state index contributed by atoms with van der Waals surface area (Å²) in [4.78, 5) is 12.5. The first-order chi connectivity index (χ1) is 18.8. The molecule has 2 aromatic heterocycles. The average Bonchev–Trinajstić information content (AvgIpc) is 3.65. The lowest BCUT2D eigenvalue weighted by molar-refractivity contribution is -0.0113. The lowest BCUT2D eigenvalue weighted by atomic mass is 9.85. The van der Waals surface area contributed by atoms with Crippen LogP contribution in [0.1, 0.15) is 32.1 Å². The third kappa shape index (κ3) is 5.66. The highest BCUT2D eigenvalue weighted by molar-refractivity contribution is 7.89. The second-order valence-electron chi connectivity index (χ2n) is 10.3. The van der Waals surface area contributed by atoms with Crippen LogP contribution in [0.15, 0.2) is 59.5 Å². The first-order valence-electron chi connectivity index (χ1n) is 13.0. The van der Waals surface area contributed by atoms with Gasteiger partial charge < -0.3 is 19.9 Å². The maximum absolute atomic E-state index is 12.4. The largest absolute Gasteiger partial charge is 0.461 e. The number of pyridine rings is 1. The Morgan fingerprint density at radius 3 is 2.28 bits per heavy atom. The molecular formula is C28H29ClN4O5S. The van der Waals surface area contributed by atoms with E-state index in [1.54, 1.807) is 30.3 Å². The number of nitrogens with zero attached hydrogens (tertiary/aromatic N) is 2. The van der Waals surface area contributed by atoms with Crippen molar-refractivity contribution >= 4 is 32.8 Å². The summed E-state index contributed by atoms with van der Waals surface area (Å²) >= 11 is 6.58. The van der Waals surface area contributed by atoms with E-state index in [1.807, 2.05) is 24.3 Å². The van der Waals surface area contributed by atoms with Crippen LogP contribution in [0, 0.1) is 5.92 Å². The SMILES string of the molecule is O=S(=O)(NC1CC1)c1ccc(-c2ccc(-c3nc4nc(O[C@H]5CC[C@H](CO)[C@@H](O)C5)[nH]c4cc3Cl)cc2)cc1. The van der Waals surface area contributed by atoms with E-state index in [-0.39, 0.29) is 29.6 Å². The lowest BCUT2D eigenvalue weighted by Crippen LogP contribution is -2.36. The number of aromatic amines is 1. The Morgan fingerprint density at radius 2 is 1.64 bits per heavy atom. The van der Waals surface area contributed by atoms with Crippen LogP contribution in [-0.2, 0) is 10.0 Å². The normalized spacial score (nSPS) is 21.8. The molecule has 11 heteroatoms. The Bertz CT molecular complexity index is 1590. The number of ether oxygens (including phenoxy) is 1. The Balaban J connectivity index is 1.18. The van der Waals surface area contributed by atoms with Crippen molar-refractivity contribution in [2.45, 2.75) is 55.2 Å². The van der Waals surface area contributed by atoms with E-state index in [0.717, 1.165) is 36.0 Å². The molecule has 9 nitrogen and oxygen atoms in total. The van der Waals surface area contributed by atoms with E-state index >= 15 is 0 Å². The monoisotopic (exact) mass is 568 g/mol. The first kappa shape index (κ1) is 26.2. The minimum absolute atomic E-state index is 0.0284. The van der Waals surface area contributed by atoms with Crippen molar-refractivity contribution in [3.8, 4) is 28.4 Å². The molecule has 0 aliphatic heterocycles. The lowest BCUT2D eigenvalue weighted by Gasteiger charge is -2.31. The summed E-state index contributed by atoms with van der Waals surface area (Å²) < 4.78 is 33.5. The predicted molar refractivity (Wildman–Crippen MR) is 148 cm³/mol. The molecule has 0 radical (unpaired) electrons. The smallest absolute Gasteiger partial charge is 0.296 e. The number of aromatic nitrogens is 3. The van der Waals surface area contributed by atoms with Gasteiger partial charge in [0.05, 0.1) is 27.2 Å². The summed E-state index contributed by atoms with van der Waals surface area (Å²) in [6.07, 6.45) is 2.83. The number of benzene rings is 2. The van der Waals surface area contributed by atoms with E-state index in [4.69, 9.17) is 16.3 Å². The highest BCUT2D eigenvalue weighted by Crippen LogP contribution is 2.33. The van der Waals surface area contributed by atoms with Crippen LogP contribution in [-0.4, -0.2) is 58.4 Å². The van der Waals surface area contributed by atoms with Crippen LogP contribution in [0.5, 0.6) is 6.01 Å². The fourth-order valence-corrected chi connectivity index (χ4v) is 6.51. The molecule has 39 heavy (non-hydrogen) atoms. The molecule has 0 bridgehead atoms. The van der Waals surface area contributed by atoms with Crippen LogP contribution >= 0.6 is 11.6 Å². The third-order valence-electron chi connectivity index (χ3n) is 7.38. The van der Waals surface area contributed by atoms with Gasteiger partial charge in [0.15, 0.2) is 5.65 Å². The molecule has 2 heterocycles. The standard InChI is InChI=1S/C28H29ClN4O5S/c29-23-14-24-27(32-28(30-24)38-21-10-5-19(15-34)25(35)13-21)31-26(23)18-3-1-16(2-4-18)17-6-11-22(12-7-17)39(36,37)33-20-8-9-20/h1-4,6-7,11-12,14,19-21,25,33-35H,5,8-10,13,15H2,(H,30,31,32)/t19-,21+,25+/m1/s1. The molecule has 0 amide bonds. The number of aliphatic hydroxyl groups excluding tert-OH is 2. The number of fused-ring (bicyclic) bond motifs is 1. The molecule has 4 N–H and O–H groups in total. The van der Waals surface area contributed by atoms with Gasteiger partial charge in [0, 0.05) is 30.6 Å². The highest BCUT2D eigenvalue weighted by atomic mass is 35.5. The summed E-state index contributed by atoms with van der Waals surface area (Å²) in [5.74, 6) is -0.111. The van der Waals surface area contributed by atoms with E-state index < -0.39 is 16.1 Å². The molecule has 2 aliphatic rings. The second-order valence-corrected chi connectivity index (χ2v) is 12.4. The zero-order chi connectivity index (χ0) is 27.1. The summed E-state index contributed by atoms with van der Waals surface area (Å²) in [7, 11) is -3.48. The van der Waals surface area contributed by atoms with Gasteiger partial charge in [-0.25, -0.2) is 18.1 Å². The average molecular weight is 569 g/mol. The van der Waals surface area contributed by atoms with Crippen molar-refractivity contribution in [1.82, 2.24) is 19.7 Å². The van der Waals surface area contributed by atoms with Crippen molar-refractivity contribution in [3.05, 3.63) is 59.6 Å². The van der Waals surface area contributed by atoms with E-state index in [9.17, 15) is 18.6 Å². The van der Waals surface area contributed by atoms with Crippen molar-refractivity contribution in [3.63, 3.8) is 0 Å². The zero-order valence-corrected chi connectivity index (χ0v) is 22.6. The quantitative estimate of drug-likeness (QED) is 0.249. The van der Waals surface area contributed by atoms with Gasteiger partial charge in [-0.15, -0.1) is 0 Å². The van der Waals surface area contributed by atoms with E-state index in [1.165, 1.54) is 0 Å². The van der Waals surface area contributed by atoms with Gasteiger partial charge in [0.2, 0.25) is 10.0 Å². The van der Waals surface area contributed by atoms with Crippen LogP contribution in [0.2, 0.25) is 5.02 Å². The number of imidazole rings is 1. The molecule has 2 fully saturated rings. The van der Waals surface area contributed by atoms with Gasteiger partial charge in [-0.2, -0.15) is 4.98 Å². The molecule has 204 valence electrons. The predicted octanol–water partition coefficient (Wildman–Crippen LogP) is 4.29. The van der Waals surface area contributed by atoms with E-state index in [2.05, 4.69) is 19.7 Å².